The predicted octanol–water partition coefficient (Wildman–Crippen LogP) is 5.00. The Bertz CT molecular complexity index is 695. The zero-order chi connectivity index (χ0) is 17.7. The Morgan fingerprint density at radius 1 is 1.04 bits per heavy atom. The van der Waals surface area contributed by atoms with Crippen LogP contribution in [-0.4, -0.2) is 12.2 Å². The second-order valence-electron chi connectivity index (χ2n) is 6.34. The number of anilines is 1. The lowest BCUT2D eigenvalue weighted by Gasteiger charge is -2.25. The SMILES string of the molecule is COc1ccc([C@@H](NC(=S)Nc2cccc(C)c2C)C(C)C)cc1. The molecule has 0 unspecified atom stereocenters. The van der Waals surface area contributed by atoms with E-state index in [1.54, 1.807) is 7.11 Å². The standard InChI is InChI=1S/C20H26N2OS/c1-13(2)19(16-9-11-17(23-5)12-10-16)22-20(24)21-18-8-6-7-14(3)15(18)4/h6-13,19H,1-5H3,(H2,21,22,24)/t19-/m0/s1. The first kappa shape index (κ1) is 18.3. The Morgan fingerprint density at radius 3 is 2.29 bits per heavy atom. The van der Waals surface area contributed by atoms with Crippen molar-refractivity contribution < 1.29 is 4.74 Å². The minimum absolute atomic E-state index is 0.140. The number of hydrogen-bond donors (Lipinski definition) is 2. The van der Waals surface area contributed by atoms with Crippen LogP contribution >= 0.6 is 12.2 Å². The van der Waals surface area contributed by atoms with Gasteiger partial charge in [0, 0.05) is 5.69 Å². The summed E-state index contributed by atoms with van der Waals surface area (Å²) in [5, 5.41) is 7.41. The van der Waals surface area contributed by atoms with Crippen LogP contribution in [0.2, 0.25) is 0 Å². The van der Waals surface area contributed by atoms with Crippen molar-refractivity contribution in [2.75, 3.05) is 12.4 Å². The minimum atomic E-state index is 0.140. The van der Waals surface area contributed by atoms with Crippen LogP contribution in [0, 0.1) is 19.8 Å². The second kappa shape index (κ2) is 8.15. The van der Waals surface area contributed by atoms with E-state index in [2.05, 4.69) is 56.5 Å². The Hall–Kier alpha value is -2.07. The van der Waals surface area contributed by atoms with Crippen molar-refractivity contribution in [3.8, 4) is 5.75 Å². The first-order chi connectivity index (χ1) is 11.4. The van der Waals surface area contributed by atoms with Gasteiger partial charge in [-0.2, -0.15) is 0 Å². The normalized spacial score (nSPS) is 11.9. The van der Waals surface area contributed by atoms with Gasteiger partial charge in [-0.25, -0.2) is 0 Å². The quantitative estimate of drug-likeness (QED) is 0.750. The summed E-state index contributed by atoms with van der Waals surface area (Å²) in [4.78, 5) is 0. The van der Waals surface area contributed by atoms with E-state index in [4.69, 9.17) is 17.0 Å². The molecule has 0 aliphatic carbocycles. The fourth-order valence-corrected chi connectivity index (χ4v) is 2.87. The van der Waals surface area contributed by atoms with E-state index < -0.39 is 0 Å². The molecular formula is C20H26N2OS. The topological polar surface area (TPSA) is 33.3 Å². The number of benzene rings is 2. The average Bonchev–Trinajstić information content (AvgIpc) is 2.57. The Labute approximate surface area is 150 Å². The molecule has 4 heteroatoms. The molecule has 0 aromatic heterocycles. The van der Waals surface area contributed by atoms with Gasteiger partial charge in [0.2, 0.25) is 0 Å². The van der Waals surface area contributed by atoms with Crippen molar-refractivity contribution in [1.82, 2.24) is 5.32 Å². The molecule has 1 atom stereocenters. The predicted molar refractivity (Wildman–Crippen MR) is 106 cm³/mol. The number of ether oxygens (including phenoxy) is 1. The van der Waals surface area contributed by atoms with Gasteiger partial charge in [-0.15, -0.1) is 0 Å². The Kier molecular flexibility index (Phi) is 6.21. The summed E-state index contributed by atoms with van der Waals surface area (Å²) in [6.07, 6.45) is 0. The van der Waals surface area contributed by atoms with Gasteiger partial charge in [-0.1, -0.05) is 38.1 Å². The minimum Gasteiger partial charge on any atom is -0.497 e. The maximum absolute atomic E-state index is 5.54. The molecule has 24 heavy (non-hydrogen) atoms. The monoisotopic (exact) mass is 342 g/mol. The maximum Gasteiger partial charge on any atom is 0.171 e. The Morgan fingerprint density at radius 2 is 1.71 bits per heavy atom. The lowest BCUT2D eigenvalue weighted by molar-refractivity contribution is 0.413. The highest BCUT2D eigenvalue weighted by atomic mass is 32.1. The van der Waals surface area contributed by atoms with E-state index in [0.717, 1.165) is 11.4 Å². The lowest BCUT2D eigenvalue weighted by Crippen LogP contribution is -2.35. The summed E-state index contributed by atoms with van der Waals surface area (Å²) >= 11 is 5.54. The van der Waals surface area contributed by atoms with Gasteiger partial charge in [-0.05, 0) is 66.9 Å². The van der Waals surface area contributed by atoms with Crippen molar-refractivity contribution in [2.24, 2.45) is 5.92 Å². The van der Waals surface area contributed by atoms with E-state index in [9.17, 15) is 0 Å². The van der Waals surface area contributed by atoms with Crippen LogP contribution in [0.1, 0.15) is 36.6 Å². The molecule has 2 aromatic rings. The number of methoxy groups -OCH3 is 1. The molecule has 2 rings (SSSR count). The van der Waals surface area contributed by atoms with E-state index >= 15 is 0 Å². The zero-order valence-corrected chi connectivity index (χ0v) is 15.8. The number of thiocarbonyl (C=S) groups is 1. The van der Waals surface area contributed by atoms with Crippen LogP contribution in [0.4, 0.5) is 5.69 Å². The molecule has 0 aliphatic heterocycles. The van der Waals surface area contributed by atoms with Gasteiger partial charge in [-0.3, -0.25) is 0 Å². The fraction of sp³-hybridized carbons (Fsp3) is 0.350. The number of nitrogens with one attached hydrogen (secondary N) is 2. The molecule has 0 radical (unpaired) electrons. The summed E-state index contributed by atoms with van der Waals surface area (Å²) in [6, 6.07) is 14.5. The highest BCUT2D eigenvalue weighted by molar-refractivity contribution is 7.80. The van der Waals surface area contributed by atoms with Crippen molar-refractivity contribution in [3.63, 3.8) is 0 Å². The summed E-state index contributed by atoms with van der Waals surface area (Å²) < 4.78 is 5.24. The van der Waals surface area contributed by atoms with Crippen molar-refractivity contribution >= 4 is 23.0 Å². The number of hydrogen-bond acceptors (Lipinski definition) is 2. The molecule has 0 saturated heterocycles. The molecular weight excluding hydrogens is 316 g/mol. The largest absolute Gasteiger partial charge is 0.497 e. The summed E-state index contributed by atoms with van der Waals surface area (Å²) in [5.74, 6) is 1.26. The zero-order valence-electron chi connectivity index (χ0n) is 15.0. The maximum atomic E-state index is 5.54. The van der Waals surface area contributed by atoms with Crippen LogP contribution in [0.3, 0.4) is 0 Å². The Balaban J connectivity index is 2.12. The van der Waals surface area contributed by atoms with Gasteiger partial charge < -0.3 is 15.4 Å². The van der Waals surface area contributed by atoms with Crippen LogP contribution < -0.4 is 15.4 Å². The fourth-order valence-electron chi connectivity index (χ4n) is 2.63. The van der Waals surface area contributed by atoms with Gasteiger partial charge in [0.25, 0.3) is 0 Å². The third-order valence-electron chi connectivity index (χ3n) is 4.28. The van der Waals surface area contributed by atoms with Crippen molar-refractivity contribution in [3.05, 3.63) is 59.2 Å². The van der Waals surface area contributed by atoms with E-state index in [0.29, 0.717) is 11.0 Å². The van der Waals surface area contributed by atoms with E-state index in [-0.39, 0.29) is 6.04 Å². The van der Waals surface area contributed by atoms with Crippen molar-refractivity contribution in [2.45, 2.75) is 33.7 Å². The van der Waals surface area contributed by atoms with Gasteiger partial charge in [0.15, 0.2) is 5.11 Å². The molecule has 0 amide bonds. The molecule has 2 N–H and O–H groups in total. The van der Waals surface area contributed by atoms with Gasteiger partial charge in [0.05, 0.1) is 13.2 Å². The van der Waals surface area contributed by atoms with Crippen molar-refractivity contribution in [1.29, 1.82) is 0 Å². The van der Waals surface area contributed by atoms with Gasteiger partial charge >= 0.3 is 0 Å². The highest BCUT2D eigenvalue weighted by Gasteiger charge is 2.17. The molecule has 2 aromatic carbocycles. The molecule has 3 nitrogen and oxygen atoms in total. The second-order valence-corrected chi connectivity index (χ2v) is 6.75. The molecule has 0 heterocycles. The molecule has 0 spiro atoms. The summed E-state index contributed by atoms with van der Waals surface area (Å²) in [6.45, 7) is 8.57. The first-order valence-corrected chi connectivity index (χ1v) is 8.61. The third kappa shape index (κ3) is 4.48. The molecule has 128 valence electrons. The lowest BCUT2D eigenvalue weighted by atomic mass is 9.96. The van der Waals surface area contributed by atoms with Crippen LogP contribution in [0.15, 0.2) is 42.5 Å². The molecule has 0 bridgehead atoms. The number of rotatable bonds is 5. The van der Waals surface area contributed by atoms with E-state index in [1.165, 1.54) is 16.7 Å². The highest BCUT2D eigenvalue weighted by Crippen LogP contribution is 2.24. The van der Waals surface area contributed by atoms with Crippen LogP contribution in [-0.2, 0) is 0 Å². The van der Waals surface area contributed by atoms with E-state index in [1.807, 2.05) is 24.3 Å². The van der Waals surface area contributed by atoms with Crippen LogP contribution in [0.25, 0.3) is 0 Å². The summed E-state index contributed by atoms with van der Waals surface area (Å²) in [5.41, 5.74) is 4.70. The smallest absolute Gasteiger partial charge is 0.171 e. The van der Waals surface area contributed by atoms with Gasteiger partial charge in [0.1, 0.15) is 5.75 Å². The average molecular weight is 343 g/mol. The first-order valence-electron chi connectivity index (χ1n) is 8.20. The number of aryl methyl sites for hydroxylation is 1. The molecule has 0 aliphatic rings. The third-order valence-corrected chi connectivity index (χ3v) is 4.50. The molecule has 0 saturated carbocycles. The summed E-state index contributed by atoms with van der Waals surface area (Å²) in [7, 11) is 1.68. The molecule has 0 fully saturated rings. The van der Waals surface area contributed by atoms with Crippen LogP contribution in [0.5, 0.6) is 5.75 Å².